The molecule has 4 rings (SSSR count). The molecule has 0 unspecified atom stereocenters. The minimum atomic E-state index is 0.178. The third kappa shape index (κ3) is 1.95. The Morgan fingerprint density at radius 2 is 1.50 bits per heavy atom. The van der Waals surface area contributed by atoms with E-state index < -0.39 is 0 Å². The Kier molecular flexibility index (Phi) is 3.31. The van der Waals surface area contributed by atoms with E-state index in [1.54, 1.807) is 0 Å². The summed E-state index contributed by atoms with van der Waals surface area (Å²) in [6.45, 7) is 6.80. The van der Waals surface area contributed by atoms with Gasteiger partial charge in [-0.25, -0.2) is 4.57 Å². The van der Waals surface area contributed by atoms with Gasteiger partial charge in [0.1, 0.15) is 12.4 Å². The van der Waals surface area contributed by atoms with E-state index >= 15 is 0 Å². The van der Waals surface area contributed by atoms with Crippen molar-refractivity contribution in [3.05, 3.63) is 65.5 Å². The number of anilines is 1. The summed E-state index contributed by atoms with van der Waals surface area (Å²) in [7, 11) is 4.34. The number of benzene rings is 2. The molecule has 0 radical (unpaired) electrons. The molecule has 1 aromatic heterocycles. The molecule has 0 saturated heterocycles. The van der Waals surface area contributed by atoms with E-state index in [0.29, 0.717) is 0 Å². The van der Waals surface area contributed by atoms with Crippen LogP contribution in [0.15, 0.2) is 48.8 Å². The first kappa shape index (κ1) is 15.1. The van der Waals surface area contributed by atoms with Gasteiger partial charge in [0, 0.05) is 11.2 Å². The summed E-state index contributed by atoms with van der Waals surface area (Å²) in [5.74, 6) is 1.27. The summed E-state index contributed by atoms with van der Waals surface area (Å²) in [6, 6.07) is 13.2. The Morgan fingerprint density at radius 3 is 2.21 bits per heavy atom. The second-order valence-corrected chi connectivity index (χ2v) is 6.90. The fraction of sp³-hybridized carbons (Fsp3) is 0.250. The number of rotatable bonds is 1. The second kappa shape index (κ2) is 5.27. The van der Waals surface area contributed by atoms with E-state index in [9.17, 15) is 0 Å². The topological polar surface area (TPSA) is 12.1 Å². The predicted molar refractivity (Wildman–Crippen MR) is 101 cm³/mol. The van der Waals surface area contributed by atoms with Crippen molar-refractivity contribution in [3.63, 3.8) is 0 Å². The van der Waals surface area contributed by atoms with Gasteiger partial charge in [-0.3, -0.25) is 4.48 Å². The maximum absolute atomic E-state index is 2.41. The zero-order valence-corrected chi connectivity index (χ0v) is 15.0. The highest BCUT2D eigenvalue weighted by molar-refractivity contribution is 6.70. The smallest absolute Gasteiger partial charge is 0.372 e. The molecule has 0 fully saturated rings. The number of nitrogens with zero attached hydrogens (tertiary/aromatic N) is 3. The van der Waals surface area contributed by atoms with Crippen molar-refractivity contribution in [2.24, 2.45) is 7.05 Å². The van der Waals surface area contributed by atoms with E-state index in [2.05, 4.69) is 97.5 Å². The molecule has 2 heterocycles. The van der Waals surface area contributed by atoms with Gasteiger partial charge in [0.15, 0.2) is 0 Å². The van der Waals surface area contributed by atoms with Gasteiger partial charge in [-0.2, -0.15) is 0 Å². The van der Waals surface area contributed by atoms with Crippen molar-refractivity contribution >= 4 is 18.1 Å². The highest BCUT2D eigenvalue weighted by atomic mass is 15.2. The Balaban J connectivity index is 2.05. The van der Waals surface area contributed by atoms with E-state index in [0.717, 1.165) is 0 Å². The summed E-state index contributed by atoms with van der Waals surface area (Å²) < 4.78 is 4.64. The lowest BCUT2D eigenvalue weighted by atomic mass is 9.60. The zero-order chi connectivity index (χ0) is 17.0. The van der Waals surface area contributed by atoms with Crippen LogP contribution in [-0.2, 0) is 7.05 Å². The maximum Gasteiger partial charge on any atom is 0.537 e. The normalized spacial score (nSPS) is 13.0. The lowest BCUT2D eigenvalue weighted by molar-refractivity contribution is -0.523. The third-order valence-corrected chi connectivity index (χ3v) is 5.31. The standard InChI is InChI=1S/C20H23BN3/c1-14-8-7-11-17-18(14)20-22(4)12-13-24(20)21(23(17)5)19-15(2)9-6-10-16(19)3/h6-13H,1-5H3/q+1. The number of hydrogen-bond acceptors (Lipinski definition) is 1. The van der Waals surface area contributed by atoms with Crippen LogP contribution in [0.3, 0.4) is 0 Å². The van der Waals surface area contributed by atoms with Crippen LogP contribution < -0.4 is 14.8 Å². The molecule has 0 N–H and O–H groups in total. The minimum Gasteiger partial charge on any atom is -0.372 e. The van der Waals surface area contributed by atoms with E-state index in [-0.39, 0.29) is 6.98 Å². The molecule has 0 spiro atoms. The SMILES string of the molecule is Cc1cccc(C)c1B1N(C)c2cccc(C)c2-c2n(C)cc[n+]21. The minimum absolute atomic E-state index is 0.178. The van der Waals surface area contributed by atoms with Crippen LogP contribution in [0.25, 0.3) is 11.4 Å². The third-order valence-electron chi connectivity index (χ3n) is 5.31. The molecule has 120 valence electrons. The maximum atomic E-state index is 2.41. The lowest BCUT2D eigenvalue weighted by Gasteiger charge is -2.32. The molecule has 3 nitrogen and oxygen atoms in total. The van der Waals surface area contributed by atoms with Crippen molar-refractivity contribution in [2.45, 2.75) is 20.8 Å². The van der Waals surface area contributed by atoms with Crippen LogP contribution >= 0.6 is 0 Å². The van der Waals surface area contributed by atoms with Gasteiger partial charge in [0.05, 0.1) is 12.6 Å². The second-order valence-electron chi connectivity index (χ2n) is 6.90. The first-order chi connectivity index (χ1) is 11.5. The molecule has 0 aliphatic carbocycles. The number of aromatic nitrogens is 2. The first-order valence-electron chi connectivity index (χ1n) is 8.46. The van der Waals surface area contributed by atoms with E-state index in [1.807, 2.05) is 0 Å². The summed E-state index contributed by atoms with van der Waals surface area (Å²) in [6.07, 6.45) is 4.36. The molecule has 4 heteroatoms. The van der Waals surface area contributed by atoms with Gasteiger partial charge >= 0.3 is 6.98 Å². The number of fused-ring (bicyclic) bond motifs is 3. The van der Waals surface area contributed by atoms with Crippen LogP contribution in [0.5, 0.6) is 0 Å². The van der Waals surface area contributed by atoms with Gasteiger partial charge < -0.3 is 4.81 Å². The molecule has 1 aliphatic heterocycles. The number of imidazole rings is 1. The Morgan fingerprint density at radius 1 is 0.875 bits per heavy atom. The molecule has 3 aromatic rings. The molecular weight excluding hydrogens is 293 g/mol. The predicted octanol–water partition coefficient (Wildman–Crippen LogP) is 2.60. The average molecular weight is 316 g/mol. The first-order valence-corrected chi connectivity index (χ1v) is 8.46. The molecule has 1 aliphatic rings. The van der Waals surface area contributed by atoms with Gasteiger partial charge in [0.25, 0.3) is 5.82 Å². The van der Waals surface area contributed by atoms with Crippen molar-refractivity contribution in [3.8, 4) is 11.4 Å². The van der Waals surface area contributed by atoms with Crippen LogP contribution in [-0.4, -0.2) is 18.6 Å². The molecule has 24 heavy (non-hydrogen) atoms. The highest BCUT2D eigenvalue weighted by Gasteiger charge is 2.44. The fourth-order valence-electron chi connectivity index (χ4n) is 4.12. The molecular formula is C20H23BN3+. The summed E-state index contributed by atoms with van der Waals surface area (Å²) in [5.41, 5.74) is 8.01. The molecule has 0 saturated carbocycles. The number of aryl methyl sites for hydroxylation is 4. The van der Waals surface area contributed by atoms with Crippen LogP contribution in [0.4, 0.5) is 5.69 Å². The number of hydrogen-bond donors (Lipinski definition) is 0. The molecule has 2 aromatic carbocycles. The van der Waals surface area contributed by atoms with Crippen molar-refractivity contribution < 1.29 is 4.48 Å². The molecule has 0 amide bonds. The van der Waals surface area contributed by atoms with Gasteiger partial charge in [-0.05, 0) is 50.6 Å². The van der Waals surface area contributed by atoms with E-state index in [4.69, 9.17) is 0 Å². The summed E-state index contributed by atoms with van der Waals surface area (Å²) in [4.78, 5) is 2.41. The molecule has 0 bridgehead atoms. The van der Waals surface area contributed by atoms with Crippen LogP contribution in [0.2, 0.25) is 0 Å². The quantitative estimate of drug-likeness (QED) is 0.629. The van der Waals surface area contributed by atoms with E-state index in [1.165, 1.54) is 39.2 Å². The van der Waals surface area contributed by atoms with Crippen molar-refractivity contribution in [1.29, 1.82) is 0 Å². The summed E-state index contributed by atoms with van der Waals surface area (Å²) in [5, 5.41) is 0. The van der Waals surface area contributed by atoms with Crippen molar-refractivity contribution in [2.75, 3.05) is 11.9 Å². The van der Waals surface area contributed by atoms with Crippen LogP contribution in [0.1, 0.15) is 16.7 Å². The largest absolute Gasteiger partial charge is 0.537 e. The Hall–Kier alpha value is -2.49. The monoisotopic (exact) mass is 316 g/mol. The molecule has 0 atom stereocenters. The zero-order valence-electron chi connectivity index (χ0n) is 15.0. The van der Waals surface area contributed by atoms with Gasteiger partial charge in [-0.1, -0.05) is 30.3 Å². The van der Waals surface area contributed by atoms with Crippen molar-refractivity contribution in [1.82, 2.24) is 4.57 Å². The lowest BCUT2D eigenvalue weighted by Crippen LogP contribution is -2.70. The highest BCUT2D eigenvalue weighted by Crippen LogP contribution is 2.34. The Labute approximate surface area is 144 Å². The Bertz CT molecular complexity index is 922. The fourth-order valence-corrected chi connectivity index (χ4v) is 4.12. The van der Waals surface area contributed by atoms with Gasteiger partial charge in [-0.15, -0.1) is 0 Å². The summed E-state index contributed by atoms with van der Waals surface area (Å²) >= 11 is 0. The van der Waals surface area contributed by atoms with Gasteiger partial charge in [0.2, 0.25) is 0 Å². The van der Waals surface area contributed by atoms with Crippen LogP contribution in [0, 0.1) is 20.8 Å². The average Bonchev–Trinajstić information content (AvgIpc) is 2.92.